The van der Waals surface area contributed by atoms with Gasteiger partial charge in [0.05, 0.1) is 0 Å². The molecule has 0 bridgehead atoms. The molecule has 0 saturated carbocycles. The van der Waals surface area contributed by atoms with Crippen molar-refractivity contribution in [3.63, 3.8) is 0 Å². The Morgan fingerprint density at radius 1 is 0.842 bits per heavy atom. The molecule has 2 aromatic rings. The SMILES string of the molecule is CC(C)(C)O/C(=C\c1ccccc1)c1ccccc1. The van der Waals surface area contributed by atoms with E-state index in [1.165, 1.54) is 0 Å². The van der Waals surface area contributed by atoms with E-state index in [1.54, 1.807) is 0 Å². The van der Waals surface area contributed by atoms with Crippen molar-refractivity contribution < 1.29 is 4.74 Å². The average Bonchev–Trinajstić information content (AvgIpc) is 2.39. The van der Waals surface area contributed by atoms with Crippen LogP contribution in [-0.4, -0.2) is 5.60 Å². The number of hydrogen-bond donors (Lipinski definition) is 0. The first-order valence-electron chi connectivity index (χ1n) is 6.56. The summed E-state index contributed by atoms with van der Waals surface area (Å²) in [5.41, 5.74) is 2.03. The molecule has 0 amide bonds. The Morgan fingerprint density at radius 3 is 1.89 bits per heavy atom. The van der Waals surface area contributed by atoms with Gasteiger partial charge >= 0.3 is 0 Å². The lowest BCUT2D eigenvalue weighted by molar-refractivity contribution is 0.0983. The van der Waals surface area contributed by atoms with E-state index in [1.807, 2.05) is 36.4 Å². The monoisotopic (exact) mass is 252 g/mol. The number of ether oxygens (including phenoxy) is 1. The molecule has 0 N–H and O–H groups in total. The summed E-state index contributed by atoms with van der Waals surface area (Å²) in [6.45, 7) is 6.19. The van der Waals surface area contributed by atoms with Gasteiger partial charge in [0.1, 0.15) is 11.4 Å². The topological polar surface area (TPSA) is 9.23 Å². The third kappa shape index (κ3) is 4.29. The van der Waals surface area contributed by atoms with Crippen molar-refractivity contribution in [2.45, 2.75) is 26.4 Å². The quantitative estimate of drug-likeness (QED) is 0.551. The van der Waals surface area contributed by atoms with Crippen LogP contribution in [-0.2, 0) is 4.74 Å². The van der Waals surface area contributed by atoms with Crippen LogP contribution >= 0.6 is 0 Å². The molecule has 98 valence electrons. The van der Waals surface area contributed by atoms with Gasteiger partial charge in [0, 0.05) is 5.56 Å². The maximum absolute atomic E-state index is 6.09. The van der Waals surface area contributed by atoms with Crippen LogP contribution in [0.4, 0.5) is 0 Å². The van der Waals surface area contributed by atoms with E-state index in [2.05, 4.69) is 51.1 Å². The van der Waals surface area contributed by atoms with Gasteiger partial charge in [0.25, 0.3) is 0 Å². The van der Waals surface area contributed by atoms with Crippen molar-refractivity contribution in [2.75, 3.05) is 0 Å². The van der Waals surface area contributed by atoms with Gasteiger partial charge in [-0.05, 0) is 32.4 Å². The smallest absolute Gasteiger partial charge is 0.127 e. The van der Waals surface area contributed by atoms with Gasteiger partial charge in [-0.3, -0.25) is 0 Å². The summed E-state index contributed by atoms with van der Waals surface area (Å²) in [5.74, 6) is 0.902. The van der Waals surface area contributed by atoms with Gasteiger partial charge < -0.3 is 4.74 Å². The summed E-state index contributed by atoms with van der Waals surface area (Å²) in [6, 6.07) is 20.5. The summed E-state index contributed by atoms with van der Waals surface area (Å²) < 4.78 is 6.09. The fourth-order valence-corrected chi connectivity index (χ4v) is 1.80. The highest BCUT2D eigenvalue weighted by molar-refractivity contribution is 5.77. The van der Waals surface area contributed by atoms with Gasteiger partial charge in [-0.1, -0.05) is 60.7 Å². The van der Waals surface area contributed by atoms with Crippen molar-refractivity contribution in [2.24, 2.45) is 0 Å². The number of hydrogen-bond acceptors (Lipinski definition) is 1. The molecule has 1 heteroatoms. The zero-order valence-corrected chi connectivity index (χ0v) is 11.8. The largest absolute Gasteiger partial charge is 0.488 e. The first kappa shape index (κ1) is 13.4. The third-order valence-corrected chi connectivity index (χ3v) is 2.57. The zero-order chi connectivity index (χ0) is 13.7. The predicted molar refractivity (Wildman–Crippen MR) is 81.6 cm³/mol. The van der Waals surface area contributed by atoms with Crippen LogP contribution in [0, 0.1) is 0 Å². The molecular formula is C18H20O. The first-order chi connectivity index (χ1) is 9.04. The lowest BCUT2D eigenvalue weighted by atomic mass is 10.1. The molecule has 0 aliphatic rings. The molecule has 0 spiro atoms. The molecule has 0 atom stereocenters. The molecule has 1 nitrogen and oxygen atoms in total. The second kappa shape index (κ2) is 5.75. The van der Waals surface area contributed by atoms with E-state index >= 15 is 0 Å². The molecule has 0 aliphatic heterocycles. The molecule has 0 radical (unpaired) electrons. The summed E-state index contributed by atoms with van der Waals surface area (Å²) in [6.07, 6.45) is 2.08. The van der Waals surface area contributed by atoms with E-state index in [4.69, 9.17) is 4.74 Å². The molecule has 0 aliphatic carbocycles. The van der Waals surface area contributed by atoms with Crippen LogP contribution in [0.1, 0.15) is 31.9 Å². The Hall–Kier alpha value is -2.02. The van der Waals surface area contributed by atoms with E-state index in [0.29, 0.717) is 0 Å². The predicted octanol–water partition coefficient (Wildman–Crippen LogP) is 5.00. The zero-order valence-electron chi connectivity index (χ0n) is 11.8. The minimum Gasteiger partial charge on any atom is -0.488 e. The Labute approximate surface area is 115 Å². The number of rotatable bonds is 3. The summed E-state index contributed by atoms with van der Waals surface area (Å²) in [5, 5.41) is 0. The van der Waals surface area contributed by atoms with Crippen molar-refractivity contribution in [1.29, 1.82) is 0 Å². The molecule has 0 aromatic heterocycles. The highest BCUT2D eigenvalue weighted by Crippen LogP contribution is 2.25. The standard InChI is InChI=1S/C18H20O/c1-18(2,3)19-17(16-12-8-5-9-13-16)14-15-10-6-4-7-11-15/h4-14H,1-3H3/b17-14-. The average molecular weight is 252 g/mol. The fraction of sp³-hybridized carbons (Fsp3) is 0.222. The van der Waals surface area contributed by atoms with Gasteiger partial charge in [-0.2, -0.15) is 0 Å². The van der Waals surface area contributed by atoms with Crippen molar-refractivity contribution in [1.82, 2.24) is 0 Å². The molecule has 0 heterocycles. The molecule has 19 heavy (non-hydrogen) atoms. The molecule has 0 saturated heterocycles. The lowest BCUT2D eigenvalue weighted by Crippen LogP contribution is -2.18. The van der Waals surface area contributed by atoms with E-state index in [9.17, 15) is 0 Å². The number of benzene rings is 2. The first-order valence-corrected chi connectivity index (χ1v) is 6.56. The molecular weight excluding hydrogens is 232 g/mol. The van der Waals surface area contributed by atoms with Gasteiger partial charge in [0.2, 0.25) is 0 Å². The molecule has 0 unspecified atom stereocenters. The second-order valence-electron chi connectivity index (χ2n) is 5.50. The summed E-state index contributed by atoms with van der Waals surface area (Å²) >= 11 is 0. The van der Waals surface area contributed by atoms with Crippen molar-refractivity contribution in [3.05, 3.63) is 71.8 Å². The van der Waals surface area contributed by atoms with Gasteiger partial charge in [0.15, 0.2) is 0 Å². The Kier molecular flexibility index (Phi) is 4.06. The Morgan fingerprint density at radius 2 is 1.37 bits per heavy atom. The van der Waals surface area contributed by atoms with Crippen LogP contribution in [0.15, 0.2) is 60.7 Å². The summed E-state index contributed by atoms with van der Waals surface area (Å²) in [4.78, 5) is 0. The highest BCUT2D eigenvalue weighted by Gasteiger charge is 2.14. The van der Waals surface area contributed by atoms with Crippen molar-refractivity contribution in [3.8, 4) is 0 Å². The van der Waals surface area contributed by atoms with Gasteiger partial charge in [-0.25, -0.2) is 0 Å². The minimum absolute atomic E-state index is 0.212. The van der Waals surface area contributed by atoms with E-state index < -0.39 is 0 Å². The second-order valence-corrected chi connectivity index (χ2v) is 5.50. The maximum Gasteiger partial charge on any atom is 0.127 e. The van der Waals surface area contributed by atoms with Crippen LogP contribution < -0.4 is 0 Å². The fourth-order valence-electron chi connectivity index (χ4n) is 1.80. The Balaban J connectivity index is 2.38. The lowest BCUT2D eigenvalue weighted by Gasteiger charge is -2.24. The Bertz CT molecular complexity index is 533. The van der Waals surface area contributed by atoms with Crippen LogP contribution in [0.5, 0.6) is 0 Å². The van der Waals surface area contributed by atoms with Crippen LogP contribution in [0.2, 0.25) is 0 Å². The van der Waals surface area contributed by atoms with Crippen LogP contribution in [0.3, 0.4) is 0 Å². The normalized spacial score (nSPS) is 12.3. The van der Waals surface area contributed by atoms with Crippen LogP contribution in [0.25, 0.3) is 11.8 Å². The van der Waals surface area contributed by atoms with E-state index in [0.717, 1.165) is 16.9 Å². The van der Waals surface area contributed by atoms with E-state index in [-0.39, 0.29) is 5.60 Å². The maximum atomic E-state index is 6.09. The highest BCUT2D eigenvalue weighted by atomic mass is 16.5. The van der Waals surface area contributed by atoms with Gasteiger partial charge in [-0.15, -0.1) is 0 Å². The van der Waals surface area contributed by atoms with Crippen molar-refractivity contribution >= 4 is 11.8 Å². The molecule has 0 fully saturated rings. The minimum atomic E-state index is -0.212. The summed E-state index contributed by atoms with van der Waals surface area (Å²) in [7, 11) is 0. The molecule has 2 aromatic carbocycles. The molecule has 2 rings (SSSR count). The third-order valence-electron chi connectivity index (χ3n) is 2.57.